The predicted octanol–water partition coefficient (Wildman–Crippen LogP) is 5.03. The third kappa shape index (κ3) is 13.6. The number of nitrogens with zero attached hydrogens (tertiary/aromatic N) is 2. The maximum atomic E-state index is 11.7. The van der Waals surface area contributed by atoms with Crippen LogP contribution in [0.3, 0.4) is 0 Å². The number of rotatable bonds is 18. The molecule has 3 aromatic carbocycles. The van der Waals surface area contributed by atoms with Gasteiger partial charge < -0.3 is 0 Å². The molecule has 0 aliphatic rings. The molecule has 0 aliphatic heterocycles. The molecule has 0 bridgehead atoms. The molecule has 0 amide bonds. The van der Waals surface area contributed by atoms with Crippen LogP contribution in [0.25, 0.3) is 0 Å². The monoisotopic (exact) mass is 588 g/mol. The lowest BCUT2D eigenvalue weighted by Crippen LogP contribution is -2.31. The van der Waals surface area contributed by atoms with Crippen LogP contribution in [-0.4, -0.2) is 60.6 Å². The second-order valence-electron chi connectivity index (χ2n) is 10.2. The summed E-state index contributed by atoms with van der Waals surface area (Å²) in [7, 11) is -8.38. The van der Waals surface area contributed by atoms with Crippen molar-refractivity contribution < 1.29 is 25.9 Å². The number of aryl methyl sites for hydroxylation is 2. The van der Waals surface area contributed by atoms with Crippen LogP contribution in [0.4, 0.5) is 0 Å². The quantitative estimate of drug-likeness (QED) is 0.157. The van der Waals surface area contributed by atoms with Crippen LogP contribution in [0.1, 0.15) is 47.9 Å². The predicted molar refractivity (Wildman–Crippen MR) is 159 cm³/mol. The van der Waals surface area contributed by atoms with Crippen LogP contribution < -0.4 is 0 Å². The lowest BCUT2D eigenvalue weighted by atomic mass is 10.1. The van der Waals surface area contributed by atoms with E-state index in [0.29, 0.717) is 26.2 Å². The fraction of sp³-hybridized carbons (Fsp3) is 0.400. The average Bonchev–Trinajstić information content (AvgIpc) is 2.89. The Kier molecular flexibility index (Phi) is 12.8. The van der Waals surface area contributed by atoms with Gasteiger partial charge in [0.2, 0.25) is 0 Å². The van der Waals surface area contributed by atoms with E-state index in [9.17, 15) is 25.9 Å². The maximum absolute atomic E-state index is 11.7. The minimum absolute atomic E-state index is 0.328. The van der Waals surface area contributed by atoms with Crippen molar-refractivity contribution in [1.82, 2.24) is 9.80 Å². The fourth-order valence-electron chi connectivity index (χ4n) is 4.80. The van der Waals surface area contributed by atoms with Crippen molar-refractivity contribution in [3.8, 4) is 0 Å². The van der Waals surface area contributed by atoms with Gasteiger partial charge >= 0.3 is 0 Å². The second kappa shape index (κ2) is 16.0. The van der Waals surface area contributed by atoms with Crippen LogP contribution >= 0.6 is 0 Å². The van der Waals surface area contributed by atoms with E-state index in [4.69, 9.17) is 0 Å². The summed E-state index contributed by atoms with van der Waals surface area (Å²) in [6.45, 7) is 1.67. The second-order valence-corrected chi connectivity index (χ2v) is 13.1. The van der Waals surface area contributed by atoms with Gasteiger partial charge in [0.05, 0.1) is 0 Å². The molecule has 3 rings (SSSR count). The van der Waals surface area contributed by atoms with Crippen molar-refractivity contribution in [2.45, 2.75) is 51.6 Å². The summed E-state index contributed by atoms with van der Waals surface area (Å²) in [5.74, 6) is -0.919. The Balaban J connectivity index is 1.58. The Bertz CT molecular complexity index is 1260. The maximum Gasteiger partial charge on any atom is 0.278 e. The first-order valence-corrected chi connectivity index (χ1v) is 16.8. The molecule has 0 saturated heterocycles. The van der Waals surface area contributed by atoms with E-state index in [0.717, 1.165) is 49.7 Å². The topological polar surface area (TPSA) is 115 Å². The van der Waals surface area contributed by atoms with Gasteiger partial charge in [0.1, 0.15) is 11.8 Å². The summed E-state index contributed by atoms with van der Waals surface area (Å²) >= 11 is 0. The van der Waals surface area contributed by atoms with E-state index < -0.39 is 32.0 Å². The summed E-state index contributed by atoms with van der Waals surface area (Å²) in [5, 5.41) is 0. The van der Waals surface area contributed by atoms with Crippen LogP contribution in [0.15, 0.2) is 84.9 Å². The molecule has 0 unspecified atom stereocenters. The average molecular weight is 589 g/mol. The molecule has 2 N–H and O–H groups in total. The van der Waals surface area contributed by atoms with E-state index in [-0.39, 0.29) is 0 Å². The summed E-state index contributed by atoms with van der Waals surface area (Å²) in [6.07, 6.45) is 5.11. The van der Waals surface area contributed by atoms with Crippen molar-refractivity contribution in [3.63, 3.8) is 0 Å². The zero-order chi connectivity index (χ0) is 28.8. The number of hydrogen-bond acceptors (Lipinski definition) is 6. The Labute approximate surface area is 239 Å². The van der Waals surface area contributed by atoms with Gasteiger partial charge in [0.25, 0.3) is 20.2 Å². The summed E-state index contributed by atoms with van der Waals surface area (Å²) in [5.41, 5.74) is 4.18. The molecular weight excluding hydrogens is 548 g/mol. The van der Waals surface area contributed by atoms with Gasteiger partial charge in [-0.15, -0.1) is 0 Å². The van der Waals surface area contributed by atoms with E-state index in [1.807, 2.05) is 60.7 Å². The van der Waals surface area contributed by atoms with Gasteiger partial charge in [-0.3, -0.25) is 18.9 Å². The third-order valence-electron chi connectivity index (χ3n) is 6.56. The van der Waals surface area contributed by atoms with Crippen molar-refractivity contribution in [2.75, 3.05) is 24.8 Å². The highest BCUT2D eigenvalue weighted by molar-refractivity contribution is 7.85. The van der Waals surface area contributed by atoms with Crippen molar-refractivity contribution in [3.05, 3.63) is 107 Å². The molecule has 218 valence electrons. The molecule has 0 atom stereocenters. The van der Waals surface area contributed by atoms with Crippen LogP contribution in [0, 0.1) is 0 Å². The molecular formula is C30H40N2O6S2. The van der Waals surface area contributed by atoms with Crippen LogP contribution in [0.5, 0.6) is 0 Å². The summed E-state index contributed by atoms with van der Waals surface area (Å²) < 4.78 is 65.7. The fourth-order valence-corrected chi connectivity index (χ4v) is 6.16. The van der Waals surface area contributed by atoms with Crippen molar-refractivity contribution >= 4 is 20.2 Å². The Hall–Kier alpha value is -2.60. The molecule has 0 fully saturated rings. The van der Waals surface area contributed by atoms with E-state index >= 15 is 0 Å². The lowest BCUT2D eigenvalue weighted by molar-refractivity contribution is 0.285. The van der Waals surface area contributed by atoms with E-state index in [1.54, 1.807) is 9.80 Å². The zero-order valence-electron chi connectivity index (χ0n) is 22.8. The molecule has 8 nitrogen and oxygen atoms in total. The number of benzene rings is 3. The highest BCUT2D eigenvalue weighted by Crippen LogP contribution is 2.15. The minimum atomic E-state index is -4.19. The first kappa shape index (κ1) is 31.9. The Morgan fingerprint density at radius 3 is 1.25 bits per heavy atom. The zero-order valence-corrected chi connectivity index (χ0v) is 24.4. The number of unbranched alkanes of at least 4 members (excludes halogenated alkanes) is 2. The number of hydrogen-bond donors (Lipinski definition) is 2. The smallest absolute Gasteiger partial charge is 0.278 e. The standard InChI is InChI=1S/C30H40N2O6S2/c33-39(34,35)25-31(20-9-7-16-27-12-3-1-4-13-27)23-29-18-11-19-30(22-29)24-32(26-40(36,37)38)21-10-8-17-28-14-5-2-6-15-28/h1-6,11-15,18-19,22H,7-10,16-17,20-21,23-26H2,(H,33,34,35)(H,36,37,38). The van der Waals surface area contributed by atoms with Gasteiger partial charge in [0, 0.05) is 13.1 Å². The van der Waals surface area contributed by atoms with Crippen LogP contribution in [0.2, 0.25) is 0 Å². The van der Waals surface area contributed by atoms with Crippen molar-refractivity contribution in [2.24, 2.45) is 0 Å². The molecule has 0 heterocycles. The normalized spacial score (nSPS) is 12.3. The molecule has 10 heteroatoms. The molecule has 0 radical (unpaired) electrons. The van der Waals surface area contributed by atoms with Gasteiger partial charge in [0.15, 0.2) is 0 Å². The Morgan fingerprint density at radius 1 is 0.500 bits per heavy atom. The minimum Gasteiger partial charge on any atom is -0.285 e. The third-order valence-corrected chi connectivity index (χ3v) is 7.94. The molecule has 3 aromatic rings. The van der Waals surface area contributed by atoms with Gasteiger partial charge in [-0.25, -0.2) is 0 Å². The first-order valence-electron chi connectivity index (χ1n) is 13.6. The molecule has 0 aliphatic carbocycles. The largest absolute Gasteiger partial charge is 0.285 e. The summed E-state index contributed by atoms with van der Waals surface area (Å²) in [6, 6.07) is 27.7. The Morgan fingerprint density at radius 2 is 0.875 bits per heavy atom. The molecule has 0 aromatic heterocycles. The SMILES string of the molecule is O=S(=O)(O)CN(CCCCc1ccccc1)Cc1cccc(CN(CCCCc2ccccc2)CS(=O)(=O)O)c1. The van der Waals surface area contributed by atoms with Gasteiger partial charge in [-0.1, -0.05) is 84.9 Å². The summed E-state index contributed by atoms with van der Waals surface area (Å²) in [4.78, 5) is 3.41. The van der Waals surface area contributed by atoms with Crippen molar-refractivity contribution in [1.29, 1.82) is 0 Å². The highest BCUT2D eigenvalue weighted by Gasteiger charge is 2.17. The molecule has 0 spiro atoms. The first-order chi connectivity index (χ1) is 19.1. The molecule has 40 heavy (non-hydrogen) atoms. The van der Waals surface area contributed by atoms with Gasteiger partial charge in [-0.2, -0.15) is 16.8 Å². The highest BCUT2D eigenvalue weighted by atomic mass is 32.2. The van der Waals surface area contributed by atoms with Gasteiger partial charge in [-0.05, 0) is 73.9 Å². The van der Waals surface area contributed by atoms with E-state index in [1.165, 1.54) is 11.1 Å². The lowest BCUT2D eigenvalue weighted by Gasteiger charge is -2.23. The van der Waals surface area contributed by atoms with E-state index in [2.05, 4.69) is 24.3 Å². The molecule has 0 saturated carbocycles. The van der Waals surface area contributed by atoms with Crippen LogP contribution in [-0.2, 0) is 46.2 Å².